The van der Waals surface area contributed by atoms with Gasteiger partial charge in [-0.15, -0.1) is 0 Å². The van der Waals surface area contributed by atoms with Gasteiger partial charge in [0.2, 0.25) is 11.8 Å². The molecule has 0 radical (unpaired) electrons. The number of hydrogen-bond acceptors (Lipinski definition) is 6. The van der Waals surface area contributed by atoms with E-state index in [0.717, 1.165) is 42.7 Å². The first-order valence-corrected chi connectivity index (χ1v) is 11.8. The third kappa shape index (κ3) is 4.45. The Morgan fingerprint density at radius 1 is 1.15 bits per heavy atom. The first-order chi connectivity index (χ1) is 16.1. The van der Waals surface area contributed by atoms with Crippen molar-refractivity contribution in [3.63, 3.8) is 0 Å². The summed E-state index contributed by atoms with van der Waals surface area (Å²) in [5, 5.41) is 5.26. The van der Waals surface area contributed by atoms with Crippen molar-refractivity contribution in [1.29, 1.82) is 0 Å². The number of fused-ring (bicyclic) bond motifs is 3. The van der Waals surface area contributed by atoms with E-state index in [1.807, 2.05) is 41.3 Å². The van der Waals surface area contributed by atoms with Crippen LogP contribution in [-0.2, 0) is 22.7 Å². The summed E-state index contributed by atoms with van der Waals surface area (Å²) < 4.78 is 5.27. The van der Waals surface area contributed by atoms with Crippen molar-refractivity contribution in [1.82, 2.24) is 25.6 Å². The maximum Gasteiger partial charge on any atom is 0.242 e. The number of benzene rings is 1. The number of amides is 2. The summed E-state index contributed by atoms with van der Waals surface area (Å²) in [6.45, 7) is 1.85. The van der Waals surface area contributed by atoms with E-state index in [1.165, 1.54) is 0 Å². The van der Waals surface area contributed by atoms with Crippen LogP contribution in [0.2, 0.25) is 0 Å². The van der Waals surface area contributed by atoms with Crippen LogP contribution in [0.15, 0.2) is 48.8 Å². The number of methoxy groups -OCH3 is 1. The average molecular weight is 450 g/mol. The molecule has 3 aliphatic rings. The van der Waals surface area contributed by atoms with Gasteiger partial charge in [0.05, 0.1) is 7.11 Å². The van der Waals surface area contributed by atoms with E-state index >= 15 is 0 Å². The highest BCUT2D eigenvalue weighted by Gasteiger charge is 2.51. The topological polar surface area (TPSA) is 86.8 Å². The molecular weight excluding hydrogens is 418 g/mol. The van der Waals surface area contributed by atoms with Crippen molar-refractivity contribution < 1.29 is 14.3 Å². The lowest BCUT2D eigenvalue weighted by Gasteiger charge is -2.51. The molecular formula is C25H31N5O3. The number of piperazine rings is 1. The van der Waals surface area contributed by atoms with Gasteiger partial charge in [0, 0.05) is 50.0 Å². The van der Waals surface area contributed by atoms with Crippen molar-refractivity contribution in [2.75, 3.05) is 13.7 Å². The molecule has 174 valence electrons. The zero-order chi connectivity index (χ0) is 22.8. The van der Waals surface area contributed by atoms with Crippen molar-refractivity contribution in [3.8, 4) is 5.75 Å². The molecule has 1 saturated carbocycles. The molecule has 1 aromatic heterocycles. The largest absolute Gasteiger partial charge is 0.497 e. The molecule has 2 aromatic rings. The van der Waals surface area contributed by atoms with Gasteiger partial charge in [0.1, 0.15) is 11.8 Å². The first-order valence-electron chi connectivity index (χ1n) is 11.8. The second-order valence-corrected chi connectivity index (χ2v) is 9.16. The van der Waals surface area contributed by atoms with E-state index in [4.69, 9.17) is 4.74 Å². The summed E-state index contributed by atoms with van der Waals surface area (Å²) in [6, 6.07) is 11.8. The molecule has 1 aliphatic carbocycles. The number of carbonyl (C=O) groups is 2. The van der Waals surface area contributed by atoms with E-state index in [2.05, 4.69) is 20.7 Å². The average Bonchev–Trinajstić information content (AvgIpc) is 3.36. The molecule has 2 amide bonds. The molecule has 2 aliphatic heterocycles. The highest BCUT2D eigenvalue weighted by molar-refractivity contribution is 5.84. The van der Waals surface area contributed by atoms with E-state index in [-0.39, 0.29) is 35.9 Å². The van der Waals surface area contributed by atoms with Crippen molar-refractivity contribution in [2.24, 2.45) is 5.92 Å². The van der Waals surface area contributed by atoms with Crippen molar-refractivity contribution in [3.05, 3.63) is 59.9 Å². The van der Waals surface area contributed by atoms with E-state index in [1.54, 1.807) is 19.5 Å². The van der Waals surface area contributed by atoms with Gasteiger partial charge >= 0.3 is 0 Å². The number of hydrazine groups is 1. The Kier molecular flexibility index (Phi) is 6.28. The highest BCUT2D eigenvalue weighted by atomic mass is 16.5. The van der Waals surface area contributed by atoms with E-state index in [9.17, 15) is 9.59 Å². The SMILES string of the molecule is COc1ccc(CN2C(=O)C3CCNN3C3CCC(C(=O)NCc4cccnc4)CC32)cc1. The molecule has 33 heavy (non-hydrogen) atoms. The Hall–Kier alpha value is -2.97. The minimum Gasteiger partial charge on any atom is -0.497 e. The van der Waals surface area contributed by atoms with Crippen LogP contribution < -0.4 is 15.5 Å². The summed E-state index contributed by atoms with van der Waals surface area (Å²) in [7, 11) is 1.65. The maximum absolute atomic E-state index is 13.5. The lowest BCUT2D eigenvalue weighted by atomic mass is 9.78. The van der Waals surface area contributed by atoms with Gasteiger partial charge in [0.25, 0.3) is 0 Å². The Bertz CT molecular complexity index is 983. The van der Waals surface area contributed by atoms with Crippen LogP contribution in [0.25, 0.3) is 0 Å². The summed E-state index contributed by atoms with van der Waals surface area (Å²) in [4.78, 5) is 32.6. The third-order valence-corrected chi connectivity index (χ3v) is 7.23. The Morgan fingerprint density at radius 2 is 2.00 bits per heavy atom. The number of ether oxygens (including phenoxy) is 1. The van der Waals surface area contributed by atoms with Gasteiger partial charge in [0.15, 0.2) is 0 Å². The van der Waals surface area contributed by atoms with Gasteiger partial charge in [-0.1, -0.05) is 18.2 Å². The Balaban J connectivity index is 1.31. The summed E-state index contributed by atoms with van der Waals surface area (Å²) >= 11 is 0. The fourth-order valence-corrected chi connectivity index (χ4v) is 5.51. The van der Waals surface area contributed by atoms with Gasteiger partial charge in [-0.2, -0.15) is 0 Å². The summed E-state index contributed by atoms with van der Waals surface area (Å²) in [5.74, 6) is 0.920. The fourth-order valence-electron chi connectivity index (χ4n) is 5.51. The normalized spacial score (nSPS) is 27.1. The molecule has 3 fully saturated rings. The summed E-state index contributed by atoms with van der Waals surface area (Å²) in [5.41, 5.74) is 5.50. The number of hydrogen-bond donors (Lipinski definition) is 2. The molecule has 2 N–H and O–H groups in total. The maximum atomic E-state index is 13.5. The zero-order valence-corrected chi connectivity index (χ0v) is 18.9. The third-order valence-electron chi connectivity index (χ3n) is 7.23. The molecule has 4 atom stereocenters. The number of carbonyl (C=O) groups excluding carboxylic acids is 2. The number of nitrogens with zero attached hydrogens (tertiary/aromatic N) is 3. The fraction of sp³-hybridized carbons (Fsp3) is 0.480. The van der Waals surface area contributed by atoms with Crippen LogP contribution in [-0.4, -0.2) is 58.5 Å². The van der Waals surface area contributed by atoms with Crippen molar-refractivity contribution >= 4 is 11.8 Å². The van der Waals surface area contributed by atoms with Crippen LogP contribution in [0.4, 0.5) is 0 Å². The monoisotopic (exact) mass is 449 g/mol. The minimum absolute atomic E-state index is 0.00402. The van der Waals surface area contributed by atoms with Crippen LogP contribution >= 0.6 is 0 Å². The predicted molar refractivity (Wildman–Crippen MR) is 123 cm³/mol. The van der Waals surface area contributed by atoms with Crippen molar-refractivity contribution in [2.45, 2.75) is 56.9 Å². The van der Waals surface area contributed by atoms with Gasteiger partial charge < -0.3 is 15.0 Å². The Morgan fingerprint density at radius 3 is 2.76 bits per heavy atom. The number of aromatic nitrogens is 1. The second-order valence-electron chi connectivity index (χ2n) is 9.16. The van der Waals surface area contributed by atoms with Gasteiger partial charge in [-0.25, -0.2) is 5.01 Å². The molecule has 0 spiro atoms. The van der Waals surface area contributed by atoms with Crippen LogP contribution in [0.3, 0.4) is 0 Å². The van der Waals surface area contributed by atoms with Gasteiger partial charge in [-0.3, -0.25) is 20.0 Å². The van der Waals surface area contributed by atoms with Crippen LogP contribution in [0.1, 0.15) is 36.8 Å². The molecule has 5 rings (SSSR count). The van der Waals surface area contributed by atoms with Crippen LogP contribution in [0.5, 0.6) is 5.75 Å². The lowest BCUT2D eigenvalue weighted by molar-refractivity contribution is -0.157. The molecule has 3 heterocycles. The molecule has 8 nitrogen and oxygen atoms in total. The highest BCUT2D eigenvalue weighted by Crippen LogP contribution is 2.38. The smallest absolute Gasteiger partial charge is 0.242 e. The lowest BCUT2D eigenvalue weighted by Crippen LogP contribution is -2.68. The summed E-state index contributed by atoms with van der Waals surface area (Å²) in [6.07, 6.45) is 6.73. The van der Waals surface area contributed by atoms with E-state index < -0.39 is 0 Å². The number of nitrogens with one attached hydrogen (secondary N) is 2. The number of rotatable bonds is 6. The Labute approximate surface area is 194 Å². The molecule has 4 unspecified atom stereocenters. The zero-order valence-electron chi connectivity index (χ0n) is 18.9. The van der Waals surface area contributed by atoms with Gasteiger partial charge in [-0.05, 0) is 55.0 Å². The minimum atomic E-state index is -0.111. The molecule has 1 aromatic carbocycles. The predicted octanol–water partition coefficient (Wildman–Crippen LogP) is 1.87. The quantitative estimate of drug-likeness (QED) is 0.700. The molecule has 0 bridgehead atoms. The standard InChI is InChI=1S/C25H31N5O3/c1-33-20-7-4-17(5-8-20)16-29-23-13-19(24(31)27-15-18-3-2-11-26-14-18)6-9-21(23)30-22(25(29)32)10-12-28-30/h2-5,7-8,11,14,19,21-23,28H,6,9-10,12-13,15-16H2,1H3,(H,27,31). The second kappa shape index (κ2) is 9.49. The molecule has 8 heteroatoms. The van der Waals surface area contributed by atoms with Crippen LogP contribution in [0, 0.1) is 5.92 Å². The van der Waals surface area contributed by atoms with E-state index in [0.29, 0.717) is 19.5 Å². The number of pyridine rings is 1. The molecule has 2 saturated heterocycles. The first kappa shape index (κ1) is 21.9.